The van der Waals surface area contributed by atoms with Crippen molar-refractivity contribution in [3.05, 3.63) is 29.8 Å². The van der Waals surface area contributed by atoms with E-state index in [2.05, 4.69) is 0 Å². The highest BCUT2D eigenvalue weighted by Gasteiger charge is 2.29. The molecule has 1 aromatic carbocycles. The third-order valence-electron chi connectivity index (χ3n) is 2.64. The summed E-state index contributed by atoms with van der Waals surface area (Å²) in [5, 5.41) is 10.4. The summed E-state index contributed by atoms with van der Waals surface area (Å²) < 4.78 is 36.4. The highest BCUT2D eigenvalue weighted by Crippen LogP contribution is 2.20. The third-order valence-corrected chi connectivity index (χ3v) is 2.64. The van der Waals surface area contributed by atoms with Gasteiger partial charge in [-0.1, -0.05) is 18.2 Å². The Morgan fingerprint density at radius 3 is 2.43 bits per heavy atom. The summed E-state index contributed by atoms with van der Waals surface area (Å²) in [5.41, 5.74) is 1.03. The van der Waals surface area contributed by atoms with Crippen LogP contribution in [0.3, 0.4) is 0 Å². The molecule has 0 spiro atoms. The Morgan fingerprint density at radius 1 is 1.29 bits per heavy atom. The lowest BCUT2D eigenvalue weighted by atomic mass is 10.2. The van der Waals surface area contributed by atoms with E-state index >= 15 is 0 Å². The molecule has 0 fully saturated rings. The Morgan fingerprint density at radius 2 is 1.90 bits per heavy atom. The number of carbonyl (C=O) groups excluding carboxylic acids is 1. The quantitative estimate of drug-likeness (QED) is 0.878. The number of hydrogen-bond donors (Lipinski definition) is 2. The number of para-hydroxylation sites is 1. The maximum atomic E-state index is 12.1. The van der Waals surface area contributed by atoms with E-state index in [4.69, 9.17) is 5.11 Å². The van der Waals surface area contributed by atoms with Gasteiger partial charge in [0.15, 0.2) is 0 Å². The van der Waals surface area contributed by atoms with Gasteiger partial charge in [-0.25, -0.2) is 4.79 Å². The van der Waals surface area contributed by atoms with Gasteiger partial charge in [-0.05, 0) is 18.6 Å². The number of halogens is 3. The van der Waals surface area contributed by atoms with Crippen LogP contribution in [0.25, 0.3) is 0 Å². The predicted octanol–water partition coefficient (Wildman–Crippen LogP) is 2.55. The normalized spacial score (nSPS) is 11.0. The lowest BCUT2D eigenvalue weighted by Crippen LogP contribution is -2.45. The molecule has 0 heterocycles. The number of amides is 2. The zero-order valence-corrected chi connectivity index (χ0v) is 11.3. The first kappa shape index (κ1) is 16.8. The minimum Gasteiger partial charge on any atom is -0.481 e. The predicted molar refractivity (Wildman–Crippen MR) is 70.2 cm³/mol. The number of nitrogens with one attached hydrogen (secondary N) is 1. The van der Waals surface area contributed by atoms with Crippen LogP contribution in [-0.4, -0.2) is 36.4 Å². The minimum atomic E-state index is -4.53. The molecule has 5 nitrogen and oxygen atoms in total. The maximum absolute atomic E-state index is 12.1. The molecule has 0 unspecified atom stereocenters. The Hall–Kier alpha value is -2.25. The summed E-state index contributed by atoms with van der Waals surface area (Å²) in [4.78, 5) is 23.5. The largest absolute Gasteiger partial charge is 0.481 e. The number of carboxylic acids is 1. The lowest BCUT2D eigenvalue weighted by Gasteiger charge is -2.24. The SMILES string of the molecule is Cc1ccccc1N(CCC(=O)O)C(=O)NCC(F)(F)F. The number of carboxylic acid groups (broad SMARTS) is 1. The number of anilines is 1. The van der Waals surface area contributed by atoms with E-state index in [0.29, 0.717) is 11.3 Å². The number of aliphatic carboxylic acids is 1. The van der Waals surface area contributed by atoms with Crippen LogP contribution < -0.4 is 10.2 Å². The van der Waals surface area contributed by atoms with Crippen LogP contribution in [0.1, 0.15) is 12.0 Å². The fourth-order valence-corrected chi connectivity index (χ4v) is 1.68. The molecule has 1 rings (SSSR count). The van der Waals surface area contributed by atoms with E-state index in [1.807, 2.05) is 0 Å². The fraction of sp³-hybridized carbons (Fsp3) is 0.385. The molecular weight excluding hydrogens is 289 g/mol. The lowest BCUT2D eigenvalue weighted by molar-refractivity contribution is -0.136. The van der Waals surface area contributed by atoms with Crippen molar-refractivity contribution in [1.29, 1.82) is 0 Å². The summed E-state index contributed by atoms with van der Waals surface area (Å²) in [5.74, 6) is -1.14. The van der Waals surface area contributed by atoms with Crippen LogP contribution in [0.15, 0.2) is 24.3 Å². The number of hydrogen-bond acceptors (Lipinski definition) is 2. The minimum absolute atomic E-state index is 0.218. The van der Waals surface area contributed by atoms with Crippen molar-refractivity contribution in [2.45, 2.75) is 19.5 Å². The molecule has 0 aromatic heterocycles. The second kappa shape index (κ2) is 6.96. The molecule has 116 valence electrons. The average molecular weight is 304 g/mol. The summed E-state index contributed by atoms with van der Waals surface area (Å²) in [6, 6.07) is 5.57. The van der Waals surface area contributed by atoms with Crippen LogP contribution in [-0.2, 0) is 4.79 Å². The van der Waals surface area contributed by atoms with E-state index in [1.54, 1.807) is 36.5 Å². The Bertz CT molecular complexity index is 518. The van der Waals surface area contributed by atoms with Gasteiger partial charge in [0.05, 0.1) is 6.42 Å². The highest BCUT2D eigenvalue weighted by atomic mass is 19.4. The first-order valence-corrected chi connectivity index (χ1v) is 6.10. The summed E-state index contributed by atoms with van der Waals surface area (Å²) in [7, 11) is 0. The zero-order chi connectivity index (χ0) is 16.0. The molecule has 0 aliphatic heterocycles. The molecule has 8 heteroatoms. The topological polar surface area (TPSA) is 69.6 Å². The summed E-state index contributed by atoms with van der Waals surface area (Å²) in [6.07, 6.45) is -4.90. The number of rotatable bonds is 5. The number of carbonyl (C=O) groups is 2. The van der Waals surface area contributed by atoms with Gasteiger partial charge < -0.3 is 10.4 Å². The van der Waals surface area contributed by atoms with E-state index in [-0.39, 0.29) is 13.0 Å². The van der Waals surface area contributed by atoms with Crippen molar-refractivity contribution in [3.8, 4) is 0 Å². The van der Waals surface area contributed by atoms with Crippen LogP contribution in [0, 0.1) is 6.92 Å². The van der Waals surface area contributed by atoms with E-state index in [9.17, 15) is 22.8 Å². The molecule has 1 aromatic rings. The number of benzene rings is 1. The van der Waals surface area contributed by atoms with Crippen LogP contribution in [0.4, 0.5) is 23.7 Å². The first-order chi connectivity index (χ1) is 9.70. The first-order valence-electron chi connectivity index (χ1n) is 6.10. The molecule has 21 heavy (non-hydrogen) atoms. The second-order valence-electron chi connectivity index (χ2n) is 4.36. The molecule has 0 aliphatic rings. The van der Waals surface area contributed by atoms with Gasteiger partial charge in [0.1, 0.15) is 6.54 Å². The zero-order valence-electron chi connectivity index (χ0n) is 11.3. The molecule has 2 amide bonds. The van der Waals surface area contributed by atoms with Gasteiger partial charge in [-0.2, -0.15) is 13.2 Å². The Labute approximate surface area is 119 Å². The van der Waals surface area contributed by atoms with Gasteiger partial charge in [0, 0.05) is 12.2 Å². The maximum Gasteiger partial charge on any atom is 0.405 e. The third kappa shape index (κ3) is 5.72. The summed E-state index contributed by atoms with van der Waals surface area (Å²) in [6.45, 7) is -0.00863. The molecule has 0 atom stereocenters. The van der Waals surface area contributed by atoms with Crippen molar-refractivity contribution < 1.29 is 27.9 Å². The standard InChI is InChI=1S/C13H15F3N2O3/c1-9-4-2-3-5-10(9)18(7-6-11(19)20)12(21)17-8-13(14,15)16/h2-5H,6-8H2,1H3,(H,17,21)(H,19,20). The van der Waals surface area contributed by atoms with Gasteiger partial charge >= 0.3 is 18.2 Å². The van der Waals surface area contributed by atoms with Crippen molar-refractivity contribution in [2.24, 2.45) is 0 Å². The molecule has 2 N–H and O–H groups in total. The Kier molecular flexibility index (Phi) is 5.57. The number of nitrogens with zero attached hydrogens (tertiary/aromatic N) is 1. The van der Waals surface area contributed by atoms with Crippen molar-refractivity contribution in [2.75, 3.05) is 18.0 Å². The number of urea groups is 1. The van der Waals surface area contributed by atoms with Crippen LogP contribution >= 0.6 is 0 Å². The number of alkyl halides is 3. The fourth-order valence-electron chi connectivity index (χ4n) is 1.68. The second-order valence-corrected chi connectivity index (χ2v) is 4.36. The van der Waals surface area contributed by atoms with E-state index in [1.165, 1.54) is 0 Å². The van der Waals surface area contributed by atoms with Gasteiger partial charge in [0.25, 0.3) is 0 Å². The Balaban J connectivity index is 2.89. The van der Waals surface area contributed by atoms with Gasteiger partial charge in [0.2, 0.25) is 0 Å². The molecule has 0 saturated heterocycles. The van der Waals surface area contributed by atoms with Crippen molar-refractivity contribution >= 4 is 17.7 Å². The molecule has 0 aliphatic carbocycles. The number of aryl methyl sites for hydroxylation is 1. The van der Waals surface area contributed by atoms with E-state index in [0.717, 1.165) is 4.90 Å². The van der Waals surface area contributed by atoms with E-state index < -0.39 is 24.7 Å². The molecule has 0 saturated carbocycles. The molecular formula is C13H15F3N2O3. The van der Waals surface area contributed by atoms with Crippen molar-refractivity contribution in [1.82, 2.24) is 5.32 Å². The van der Waals surface area contributed by atoms with Crippen LogP contribution in [0.2, 0.25) is 0 Å². The van der Waals surface area contributed by atoms with Crippen molar-refractivity contribution in [3.63, 3.8) is 0 Å². The summed E-state index contributed by atoms with van der Waals surface area (Å²) >= 11 is 0. The highest BCUT2D eigenvalue weighted by molar-refractivity contribution is 5.93. The average Bonchev–Trinajstić information content (AvgIpc) is 2.37. The molecule has 0 radical (unpaired) electrons. The van der Waals surface area contributed by atoms with Gasteiger partial charge in [-0.3, -0.25) is 9.69 Å². The molecule has 0 bridgehead atoms. The van der Waals surface area contributed by atoms with Crippen LogP contribution in [0.5, 0.6) is 0 Å². The van der Waals surface area contributed by atoms with Gasteiger partial charge in [-0.15, -0.1) is 0 Å². The smallest absolute Gasteiger partial charge is 0.405 e. The monoisotopic (exact) mass is 304 g/mol.